The van der Waals surface area contributed by atoms with E-state index in [0.29, 0.717) is 29.8 Å². The normalized spacial score (nSPS) is 31.3. The third-order valence-electron chi connectivity index (χ3n) is 10.6. The number of allylic oxidation sites excluding steroid dienone is 1. The van der Waals surface area contributed by atoms with Crippen LogP contribution in [-0.4, -0.2) is 95.7 Å². The molecule has 0 aromatic heterocycles. The molecule has 266 valence electrons. The van der Waals surface area contributed by atoms with Crippen LogP contribution in [0.3, 0.4) is 0 Å². The predicted molar refractivity (Wildman–Crippen MR) is 186 cm³/mol. The van der Waals surface area contributed by atoms with E-state index in [9.17, 15) is 24.3 Å². The zero-order valence-electron chi connectivity index (χ0n) is 29.3. The highest BCUT2D eigenvalue weighted by atomic mass is 16.6. The Hall–Kier alpha value is -4.48. The number of hydrogen-bond acceptors (Lipinski definition) is 8. The Morgan fingerprint density at radius 3 is 2.38 bits per heavy atom. The lowest BCUT2D eigenvalue weighted by Crippen LogP contribution is -2.58. The molecule has 2 aromatic carbocycles. The van der Waals surface area contributed by atoms with Crippen molar-refractivity contribution in [2.45, 2.75) is 76.0 Å². The first-order valence-corrected chi connectivity index (χ1v) is 17.4. The van der Waals surface area contributed by atoms with Crippen LogP contribution in [0.5, 0.6) is 5.75 Å². The van der Waals surface area contributed by atoms with Gasteiger partial charge in [0.15, 0.2) is 0 Å². The summed E-state index contributed by atoms with van der Waals surface area (Å²) in [6.45, 7) is 5.66. The highest BCUT2D eigenvalue weighted by Crippen LogP contribution is 2.54. The number of ether oxygens (including phenoxy) is 3. The van der Waals surface area contributed by atoms with Crippen LogP contribution in [-0.2, 0) is 28.7 Å². The third kappa shape index (κ3) is 6.21. The number of hydrogen-bond donors (Lipinski definition) is 1. The van der Waals surface area contributed by atoms with Crippen LogP contribution < -0.4 is 9.64 Å². The number of carbonyl (C=O) groups is 4. The minimum absolute atomic E-state index is 0.0962. The van der Waals surface area contributed by atoms with Crippen molar-refractivity contribution in [3.05, 3.63) is 84.5 Å². The third-order valence-corrected chi connectivity index (χ3v) is 10.6. The number of benzene rings is 2. The molecule has 4 aliphatic rings. The van der Waals surface area contributed by atoms with E-state index in [1.54, 1.807) is 66.5 Å². The van der Waals surface area contributed by atoms with E-state index in [1.165, 1.54) is 4.90 Å². The molecule has 11 nitrogen and oxygen atoms in total. The second kappa shape index (κ2) is 14.4. The molecular formula is C39H47N3O8. The number of rotatable bonds is 7. The van der Waals surface area contributed by atoms with Gasteiger partial charge in [-0.1, -0.05) is 68.5 Å². The van der Waals surface area contributed by atoms with Gasteiger partial charge in [-0.25, -0.2) is 0 Å². The van der Waals surface area contributed by atoms with E-state index in [1.807, 2.05) is 57.2 Å². The first-order chi connectivity index (χ1) is 24.0. The quantitative estimate of drug-likeness (QED) is 0.342. The lowest BCUT2D eigenvalue weighted by Gasteiger charge is -2.39. The molecule has 2 aromatic rings. The number of carbonyl (C=O) groups excluding carboxylic acids is 4. The van der Waals surface area contributed by atoms with Crippen molar-refractivity contribution in [3.8, 4) is 5.75 Å². The minimum atomic E-state index is -1.53. The summed E-state index contributed by atoms with van der Waals surface area (Å²) in [4.78, 5) is 62.3. The maximum absolute atomic E-state index is 14.9. The van der Waals surface area contributed by atoms with Crippen molar-refractivity contribution in [1.82, 2.24) is 9.80 Å². The first kappa shape index (κ1) is 35.3. The maximum atomic E-state index is 14.9. The lowest BCUT2D eigenvalue weighted by atomic mass is 9.77. The summed E-state index contributed by atoms with van der Waals surface area (Å²) in [6, 6.07) is 14.0. The topological polar surface area (TPSA) is 126 Å². The highest BCUT2D eigenvalue weighted by Gasteiger charge is 2.72. The number of esters is 1. The van der Waals surface area contributed by atoms with Gasteiger partial charge in [0, 0.05) is 25.7 Å². The van der Waals surface area contributed by atoms with Crippen molar-refractivity contribution in [2.75, 3.05) is 32.2 Å². The fraction of sp³-hybridized carbons (Fsp3) is 0.487. The van der Waals surface area contributed by atoms with Crippen LogP contribution in [0.4, 0.5) is 5.69 Å². The molecule has 0 aliphatic carbocycles. The number of amides is 3. The van der Waals surface area contributed by atoms with Gasteiger partial charge >= 0.3 is 5.97 Å². The van der Waals surface area contributed by atoms with E-state index < -0.39 is 59.6 Å². The standard InChI is InChI=1S/C39H47N3O8/c1-24(2)22-28(23-43)42-35-37(46)41(27-16-18-29(48-5)19-17-27)21-11-20-39(35)33(36(42)45)32-30(50-39)14-9-10-15-31(44)40(4)25(3)34(49-38(32)47)26-12-7-6-8-13-26/h6-9,11-14,16-20,24-25,28,30,32-35,43H,10,15,21-23H2,1-5H3/b14-9-/t25-,28-,30-,32+,33+,34+,35-,39+/m1/s1. The van der Waals surface area contributed by atoms with Crippen molar-refractivity contribution >= 4 is 29.4 Å². The maximum Gasteiger partial charge on any atom is 0.313 e. The van der Waals surface area contributed by atoms with E-state index >= 15 is 0 Å². The molecule has 0 unspecified atom stereocenters. The van der Waals surface area contributed by atoms with Crippen LogP contribution in [0.15, 0.2) is 78.9 Å². The van der Waals surface area contributed by atoms with Gasteiger partial charge in [0.05, 0.1) is 37.8 Å². The SMILES string of the molecule is COc1ccc(N2CC=C[C@]34O[C@@H]5/C=C\CCC(=O)N(C)[C@H](C)[C@@H](c6ccccc6)OC(=O)[C@@H]5[C@H]3C(=O)N([C@@H](CO)CC(C)C)[C@@H]4C2=O)cc1. The van der Waals surface area contributed by atoms with Gasteiger partial charge in [0.25, 0.3) is 5.91 Å². The fourth-order valence-corrected chi connectivity index (χ4v) is 8.04. The monoisotopic (exact) mass is 685 g/mol. The van der Waals surface area contributed by atoms with Gasteiger partial charge in [-0.15, -0.1) is 0 Å². The molecule has 4 heterocycles. The molecule has 2 saturated heterocycles. The Morgan fingerprint density at radius 2 is 1.72 bits per heavy atom. The molecule has 0 radical (unpaired) electrons. The first-order valence-electron chi connectivity index (χ1n) is 17.4. The molecule has 2 fully saturated rings. The van der Waals surface area contributed by atoms with Crippen molar-refractivity contribution < 1.29 is 38.5 Å². The molecule has 0 bridgehead atoms. The molecule has 1 spiro atoms. The van der Waals surface area contributed by atoms with Gasteiger partial charge in [0.1, 0.15) is 29.4 Å². The highest BCUT2D eigenvalue weighted by molar-refractivity contribution is 6.05. The van der Waals surface area contributed by atoms with Crippen molar-refractivity contribution in [3.63, 3.8) is 0 Å². The van der Waals surface area contributed by atoms with Gasteiger partial charge in [-0.3, -0.25) is 19.2 Å². The summed E-state index contributed by atoms with van der Waals surface area (Å²) >= 11 is 0. The number of nitrogens with zero attached hydrogens (tertiary/aromatic N) is 3. The van der Waals surface area contributed by atoms with Gasteiger partial charge < -0.3 is 34.0 Å². The summed E-state index contributed by atoms with van der Waals surface area (Å²) in [6.07, 6.45) is 6.44. The van der Waals surface area contributed by atoms with Gasteiger partial charge in [0.2, 0.25) is 11.8 Å². The average molecular weight is 686 g/mol. The number of fused-ring (bicyclic) bond motifs is 2. The summed E-state index contributed by atoms with van der Waals surface area (Å²) in [5, 5.41) is 10.7. The second-order valence-electron chi connectivity index (χ2n) is 14.1. The van der Waals surface area contributed by atoms with E-state index in [-0.39, 0.29) is 37.3 Å². The average Bonchev–Trinajstić information content (AvgIpc) is 3.51. The summed E-state index contributed by atoms with van der Waals surface area (Å²) in [5.41, 5.74) is -0.214. The largest absolute Gasteiger partial charge is 0.497 e. The Balaban J connectivity index is 1.47. The summed E-state index contributed by atoms with van der Waals surface area (Å²) in [7, 11) is 3.27. The zero-order chi connectivity index (χ0) is 35.7. The van der Waals surface area contributed by atoms with Crippen LogP contribution in [0.1, 0.15) is 51.7 Å². The molecule has 11 heteroatoms. The summed E-state index contributed by atoms with van der Waals surface area (Å²) < 4.78 is 18.5. The molecular weight excluding hydrogens is 638 g/mol. The van der Waals surface area contributed by atoms with E-state index in [2.05, 4.69) is 0 Å². The van der Waals surface area contributed by atoms with Crippen LogP contribution >= 0.6 is 0 Å². The minimum Gasteiger partial charge on any atom is -0.497 e. The Morgan fingerprint density at radius 1 is 1.00 bits per heavy atom. The lowest BCUT2D eigenvalue weighted by molar-refractivity contribution is -0.164. The number of aliphatic hydroxyl groups excluding tert-OH is 1. The summed E-state index contributed by atoms with van der Waals surface area (Å²) in [5.74, 6) is -3.05. The second-order valence-corrected chi connectivity index (χ2v) is 14.1. The molecule has 3 amide bonds. The van der Waals surface area contributed by atoms with Crippen LogP contribution in [0, 0.1) is 17.8 Å². The molecule has 8 atom stereocenters. The molecule has 50 heavy (non-hydrogen) atoms. The number of methoxy groups -OCH3 is 1. The Labute approximate surface area is 293 Å². The van der Waals surface area contributed by atoms with Gasteiger partial charge in [-0.05, 0) is 55.5 Å². The van der Waals surface area contributed by atoms with E-state index in [0.717, 1.165) is 0 Å². The predicted octanol–water partition coefficient (Wildman–Crippen LogP) is 4.07. The number of anilines is 1. The number of aliphatic hydroxyl groups is 1. The number of cyclic esters (lactones) is 1. The van der Waals surface area contributed by atoms with Gasteiger partial charge in [-0.2, -0.15) is 0 Å². The van der Waals surface area contributed by atoms with Crippen LogP contribution in [0.2, 0.25) is 0 Å². The molecule has 4 aliphatic heterocycles. The number of likely N-dealkylation sites (N-methyl/N-ethyl adjacent to an activating group) is 1. The smallest absolute Gasteiger partial charge is 0.313 e. The molecule has 0 saturated carbocycles. The van der Waals surface area contributed by atoms with Crippen molar-refractivity contribution in [1.29, 1.82) is 0 Å². The van der Waals surface area contributed by atoms with E-state index in [4.69, 9.17) is 14.2 Å². The van der Waals surface area contributed by atoms with Crippen LogP contribution in [0.25, 0.3) is 0 Å². The van der Waals surface area contributed by atoms with Crippen molar-refractivity contribution in [2.24, 2.45) is 17.8 Å². The zero-order valence-corrected chi connectivity index (χ0v) is 29.3. The Bertz CT molecular complexity index is 1640. The Kier molecular flexibility index (Phi) is 10.2. The number of likely N-dealkylation sites (tertiary alicyclic amines) is 1. The fourth-order valence-electron chi connectivity index (χ4n) is 8.04. The molecule has 1 N–H and O–H groups in total. The molecule has 6 rings (SSSR count).